The standard InChI is InChI=1S/C16H19NOS.ClH/c1-19-15-9-7-13(8-10-15)11-17-12-16(18)14-5-3-2-4-6-14;/h2-10,16-18H,11-12H2,1H3;1H. The first-order valence-electron chi connectivity index (χ1n) is 6.36. The Morgan fingerprint density at radius 2 is 1.70 bits per heavy atom. The molecule has 0 fully saturated rings. The molecule has 0 saturated carbocycles. The van der Waals surface area contributed by atoms with Crippen LogP contribution in [0.4, 0.5) is 0 Å². The summed E-state index contributed by atoms with van der Waals surface area (Å²) >= 11 is 1.74. The molecule has 0 saturated heterocycles. The van der Waals surface area contributed by atoms with Gasteiger partial charge in [-0.1, -0.05) is 42.5 Å². The van der Waals surface area contributed by atoms with Crippen LogP contribution in [0.3, 0.4) is 0 Å². The van der Waals surface area contributed by atoms with Crippen LogP contribution in [0.5, 0.6) is 0 Å². The number of halogens is 1. The molecule has 0 aliphatic carbocycles. The molecule has 20 heavy (non-hydrogen) atoms. The second-order valence-corrected chi connectivity index (χ2v) is 5.29. The highest BCUT2D eigenvalue weighted by molar-refractivity contribution is 7.98. The van der Waals surface area contributed by atoms with Gasteiger partial charge in [-0.25, -0.2) is 0 Å². The van der Waals surface area contributed by atoms with Crippen molar-refractivity contribution >= 4 is 24.2 Å². The second kappa shape index (κ2) is 9.03. The fourth-order valence-corrected chi connectivity index (χ4v) is 2.30. The number of nitrogens with one attached hydrogen (secondary N) is 1. The van der Waals surface area contributed by atoms with E-state index in [-0.39, 0.29) is 12.4 Å². The summed E-state index contributed by atoms with van der Waals surface area (Å²) in [5.41, 5.74) is 2.19. The summed E-state index contributed by atoms with van der Waals surface area (Å²) < 4.78 is 0. The van der Waals surface area contributed by atoms with Crippen LogP contribution in [0.15, 0.2) is 59.5 Å². The highest BCUT2D eigenvalue weighted by Crippen LogP contribution is 2.15. The number of aliphatic hydroxyl groups excluding tert-OH is 1. The van der Waals surface area contributed by atoms with Crippen molar-refractivity contribution in [2.75, 3.05) is 12.8 Å². The molecule has 0 aliphatic heterocycles. The third kappa shape index (κ3) is 5.17. The maximum Gasteiger partial charge on any atom is 0.0914 e. The zero-order chi connectivity index (χ0) is 13.5. The zero-order valence-electron chi connectivity index (χ0n) is 11.5. The fourth-order valence-electron chi connectivity index (χ4n) is 1.89. The van der Waals surface area contributed by atoms with E-state index >= 15 is 0 Å². The molecule has 108 valence electrons. The summed E-state index contributed by atoms with van der Waals surface area (Å²) in [6.45, 7) is 1.34. The maximum atomic E-state index is 10.0. The lowest BCUT2D eigenvalue weighted by Crippen LogP contribution is -2.20. The number of hydrogen-bond donors (Lipinski definition) is 2. The SMILES string of the molecule is CSc1ccc(CNCC(O)c2ccccc2)cc1.Cl. The smallest absolute Gasteiger partial charge is 0.0914 e. The number of benzene rings is 2. The van der Waals surface area contributed by atoms with Crippen molar-refractivity contribution in [3.63, 3.8) is 0 Å². The van der Waals surface area contributed by atoms with Gasteiger partial charge in [-0.2, -0.15) is 0 Å². The van der Waals surface area contributed by atoms with Crippen LogP contribution in [0, 0.1) is 0 Å². The molecule has 0 bridgehead atoms. The molecule has 0 heterocycles. The lowest BCUT2D eigenvalue weighted by Gasteiger charge is -2.12. The van der Waals surface area contributed by atoms with Crippen molar-refractivity contribution in [1.29, 1.82) is 0 Å². The van der Waals surface area contributed by atoms with Crippen LogP contribution in [0.2, 0.25) is 0 Å². The normalized spacial score (nSPS) is 11.7. The van der Waals surface area contributed by atoms with E-state index in [0.717, 1.165) is 12.1 Å². The van der Waals surface area contributed by atoms with Crippen molar-refractivity contribution in [3.05, 3.63) is 65.7 Å². The van der Waals surface area contributed by atoms with Crippen LogP contribution in [-0.2, 0) is 6.54 Å². The molecule has 2 rings (SSSR count). The third-order valence-corrected chi connectivity index (χ3v) is 3.75. The Morgan fingerprint density at radius 1 is 1.05 bits per heavy atom. The van der Waals surface area contributed by atoms with Gasteiger partial charge < -0.3 is 10.4 Å². The lowest BCUT2D eigenvalue weighted by molar-refractivity contribution is 0.174. The van der Waals surface area contributed by atoms with Crippen LogP contribution in [0.25, 0.3) is 0 Å². The number of thioether (sulfide) groups is 1. The molecule has 0 amide bonds. The molecule has 0 aliphatic rings. The zero-order valence-corrected chi connectivity index (χ0v) is 13.1. The van der Waals surface area contributed by atoms with E-state index in [0.29, 0.717) is 6.54 Å². The topological polar surface area (TPSA) is 32.3 Å². The van der Waals surface area contributed by atoms with E-state index in [2.05, 4.69) is 35.8 Å². The highest BCUT2D eigenvalue weighted by atomic mass is 35.5. The third-order valence-electron chi connectivity index (χ3n) is 3.01. The minimum atomic E-state index is -0.452. The van der Waals surface area contributed by atoms with Crippen molar-refractivity contribution in [2.45, 2.75) is 17.5 Å². The van der Waals surface area contributed by atoms with Gasteiger partial charge in [-0.05, 0) is 29.5 Å². The molecule has 1 unspecified atom stereocenters. The molecule has 0 aromatic heterocycles. The van der Waals surface area contributed by atoms with E-state index in [9.17, 15) is 5.11 Å². The average molecular weight is 310 g/mol. The number of hydrogen-bond acceptors (Lipinski definition) is 3. The van der Waals surface area contributed by atoms with E-state index in [1.807, 2.05) is 30.3 Å². The molecule has 0 spiro atoms. The van der Waals surface area contributed by atoms with E-state index in [4.69, 9.17) is 0 Å². The Kier molecular flexibility index (Phi) is 7.70. The highest BCUT2D eigenvalue weighted by Gasteiger charge is 2.05. The molecule has 4 heteroatoms. The predicted molar refractivity (Wildman–Crippen MR) is 88.6 cm³/mol. The Balaban J connectivity index is 0.00000200. The van der Waals surface area contributed by atoms with Gasteiger partial charge in [0.2, 0.25) is 0 Å². The van der Waals surface area contributed by atoms with Gasteiger partial charge in [0, 0.05) is 18.0 Å². The Labute approximate surface area is 131 Å². The molecule has 2 aromatic carbocycles. The molecular weight excluding hydrogens is 290 g/mol. The summed E-state index contributed by atoms with van der Waals surface area (Å²) in [4.78, 5) is 1.27. The van der Waals surface area contributed by atoms with Gasteiger partial charge in [-0.15, -0.1) is 24.2 Å². The fraction of sp³-hybridized carbons (Fsp3) is 0.250. The first-order valence-corrected chi connectivity index (χ1v) is 7.58. The van der Waals surface area contributed by atoms with Gasteiger partial charge in [-0.3, -0.25) is 0 Å². The largest absolute Gasteiger partial charge is 0.387 e. The second-order valence-electron chi connectivity index (χ2n) is 4.41. The van der Waals surface area contributed by atoms with Gasteiger partial charge in [0.05, 0.1) is 6.10 Å². The molecular formula is C16H20ClNOS. The molecule has 1 atom stereocenters. The number of aliphatic hydroxyl groups is 1. The van der Waals surface area contributed by atoms with Gasteiger partial charge in [0.15, 0.2) is 0 Å². The Bertz CT molecular complexity index is 490. The quantitative estimate of drug-likeness (QED) is 0.799. The van der Waals surface area contributed by atoms with Gasteiger partial charge >= 0.3 is 0 Å². The van der Waals surface area contributed by atoms with Crippen molar-refractivity contribution in [1.82, 2.24) is 5.32 Å². The van der Waals surface area contributed by atoms with Crippen molar-refractivity contribution in [3.8, 4) is 0 Å². The van der Waals surface area contributed by atoms with Crippen LogP contribution < -0.4 is 5.32 Å². The van der Waals surface area contributed by atoms with E-state index in [1.54, 1.807) is 11.8 Å². The van der Waals surface area contributed by atoms with Gasteiger partial charge in [0.1, 0.15) is 0 Å². The van der Waals surface area contributed by atoms with Crippen LogP contribution >= 0.6 is 24.2 Å². The maximum absolute atomic E-state index is 10.0. The molecule has 2 aromatic rings. The summed E-state index contributed by atoms with van der Waals surface area (Å²) in [7, 11) is 0. The summed E-state index contributed by atoms with van der Waals surface area (Å²) in [5, 5.41) is 13.3. The van der Waals surface area contributed by atoms with E-state index in [1.165, 1.54) is 10.5 Å². The average Bonchev–Trinajstić information content (AvgIpc) is 2.49. The summed E-state index contributed by atoms with van der Waals surface area (Å²) in [6.07, 6.45) is 1.62. The minimum absolute atomic E-state index is 0. The molecule has 2 N–H and O–H groups in total. The van der Waals surface area contributed by atoms with Crippen LogP contribution in [0.1, 0.15) is 17.2 Å². The first kappa shape index (κ1) is 17.1. The van der Waals surface area contributed by atoms with Crippen molar-refractivity contribution in [2.24, 2.45) is 0 Å². The lowest BCUT2D eigenvalue weighted by atomic mass is 10.1. The molecule has 0 radical (unpaired) electrons. The number of rotatable bonds is 6. The first-order chi connectivity index (χ1) is 9.29. The minimum Gasteiger partial charge on any atom is -0.387 e. The summed E-state index contributed by atoms with van der Waals surface area (Å²) in [6, 6.07) is 18.2. The monoisotopic (exact) mass is 309 g/mol. The summed E-state index contributed by atoms with van der Waals surface area (Å²) in [5.74, 6) is 0. The van der Waals surface area contributed by atoms with E-state index < -0.39 is 6.10 Å². The Morgan fingerprint density at radius 3 is 2.30 bits per heavy atom. The Hall–Kier alpha value is -1.00. The van der Waals surface area contributed by atoms with Crippen molar-refractivity contribution < 1.29 is 5.11 Å². The van der Waals surface area contributed by atoms with Gasteiger partial charge in [0.25, 0.3) is 0 Å². The van der Waals surface area contributed by atoms with Crippen LogP contribution in [-0.4, -0.2) is 17.9 Å². The predicted octanol–water partition coefficient (Wildman–Crippen LogP) is 3.65. The molecule has 2 nitrogen and oxygen atoms in total.